The highest BCUT2D eigenvalue weighted by molar-refractivity contribution is 6.58. The van der Waals surface area contributed by atoms with E-state index in [1.165, 1.54) is 50.5 Å². The van der Waals surface area contributed by atoms with Gasteiger partial charge in [-0.1, -0.05) is 80.9 Å². The van der Waals surface area contributed by atoms with Gasteiger partial charge in [-0.3, -0.25) is 0 Å². The van der Waals surface area contributed by atoms with Gasteiger partial charge in [-0.05, 0) is 61.1 Å². The molecule has 3 rings (SSSR count). The highest BCUT2D eigenvalue weighted by atomic mass is 35.5. The van der Waals surface area contributed by atoms with Crippen molar-refractivity contribution in [1.29, 1.82) is 0 Å². The zero-order valence-corrected chi connectivity index (χ0v) is 17.4. The number of hydrogen-bond donors (Lipinski definition) is 0. The van der Waals surface area contributed by atoms with Crippen molar-refractivity contribution in [2.75, 3.05) is 0 Å². The fraction of sp³-hybridized carbons (Fsp3) is 0.727. The van der Waals surface area contributed by atoms with Crippen LogP contribution in [0.5, 0.6) is 0 Å². The van der Waals surface area contributed by atoms with Crippen LogP contribution in [0.2, 0.25) is 23.2 Å². The van der Waals surface area contributed by atoms with E-state index < -0.39 is 0 Å². The quantitative estimate of drug-likeness (QED) is 0.384. The van der Waals surface area contributed by atoms with E-state index >= 15 is 0 Å². The van der Waals surface area contributed by atoms with Gasteiger partial charge < -0.3 is 0 Å². The van der Waals surface area contributed by atoms with E-state index in [4.69, 9.17) is 11.6 Å². The molecule has 1 saturated heterocycles. The summed E-state index contributed by atoms with van der Waals surface area (Å²) in [6.07, 6.45) is 13.3. The summed E-state index contributed by atoms with van der Waals surface area (Å²) >= 11 is 6.03. The molecule has 1 aliphatic carbocycles. The van der Waals surface area contributed by atoms with Crippen LogP contribution in [0, 0.1) is 11.8 Å². The maximum Gasteiger partial charge on any atom is 0.316 e. The molecule has 2 aliphatic rings. The molecule has 1 saturated carbocycles. The number of unbranched alkanes of at least 4 members (excludes halogenated alkanes) is 2. The van der Waals surface area contributed by atoms with Crippen LogP contribution in [0.1, 0.15) is 76.2 Å². The van der Waals surface area contributed by atoms with Gasteiger partial charge in [0.05, 0.1) is 0 Å². The summed E-state index contributed by atoms with van der Waals surface area (Å²) in [4.78, 5) is 0. The van der Waals surface area contributed by atoms with Crippen molar-refractivity contribution in [3.63, 3.8) is 0 Å². The van der Waals surface area contributed by atoms with Gasteiger partial charge in [-0.15, -0.1) is 0 Å². The Morgan fingerprint density at radius 1 is 0.880 bits per heavy atom. The first-order valence-electron chi connectivity index (χ1n) is 10.5. The van der Waals surface area contributed by atoms with E-state index in [-0.39, 0.29) is 31.8 Å². The summed E-state index contributed by atoms with van der Waals surface area (Å²) in [7, 11) is -0.329. The molecule has 25 heavy (non-hydrogen) atoms. The molecular formula is C22H37ClMgSi. The molecule has 1 aliphatic heterocycles. The molecule has 0 radical (unpaired) electrons. The average Bonchev–Trinajstić information content (AvgIpc) is 2.63. The van der Waals surface area contributed by atoms with E-state index in [9.17, 15) is 0 Å². The lowest BCUT2D eigenvalue weighted by Gasteiger charge is -2.37. The van der Waals surface area contributed by atoms with E-state index in [0.29, 0.717) is 0 Å². The van der Waals surface area contributed by atoms with Crippen LogP contribution >= 0.6 is 11.6 Å². The molecule has 0 bridgehead atoms. The Morgan fingerprint density at radius 3 is 2.08 bits per heavy atom. The van der Waals surface area contributed by atoms with Crippen LogP contribution in [0.3, 0.4) is 0 Å². The second-order valence-electron chi connectivity index (χ2n) is 8.44. The standard InChI is InChI=1S/C22H35ClSi.Mg.2H/c1-2-3-4-15-24-16-13-21(14-17-24)19-7-5-18(6-8-19)20-9-11-22(23)12-10-20;;;/h9-12,18-19,21,24H,2-8,13-17H2,1H3;;;. The molecule has 0 atom stereocenters. The van der Waals surface area contributed by atoms with Gasteiger partial charge in [0.2, 0.25) is 0 Å². The topological polar surface area (TPSA) is 0 Å². The molecule has 0 amide bonds. The van der Waals surface area contributed by atoms with Crippen molar-refractivity contribution in [3.8, 4) is 0 Å². The molecule has 0 N–H and O–H groups in total. The van der Waals surface area contributed by atoms with Crippen LogP contribution in [-0.4, -0.2) is 31.8 Å². The number of halogens is 1. The van der Waals surface area contributed by atoms with Crippen molar-refractivity contribution in [2.24, 2.45) is 11.8 Å². The maximum absolute atomic E-state index is 6.03. The predicted molar refractivity (Wildman–Crippen MR) is 119 cm³/mol. The Kier molecular flexibility index (Phi) is 9.90. The number of hydrogen-bond acceptors (Lipinski definition) is 0. The summed E-state index contributed by atoms with van der Waals surface area (Å²) in [6.45, 7) is 2.33. The van der Waals surface area contributed by atoms with Crippen molar-refractivity contribution < 1.29 is 0 Å². The Morgan fingerprint density at radius 2 is 1.48 bits per heavy atom. The average molecular weight is 389 g/mol. The number of benzene rings is 1. The highest BCUT2D eigenvalue weighted by Gasteiger charge is 2.31. The summed E-state index contributed by atoms with van der Waals surface area (Å²) in [5.74, 6) is 2.91. The molecule has 0 nitrogen and oxygen atoms in total. The first-order chi connectivity index (χ1) is 11.8. The minimum atomic E-state index is -0.329. The molecule has 1 aromatic rings. The van der Waals surface area contributed by atoms with Gasteiger partial charge in [0.15, 0.2) is 0 Å². The van der Waals surface area contributed by atoms with Crippen molar-refractivity contribution >= 4 is 43.5 Å². The van der Waals surface area contributed by atoms with Crippen molar-refractivity contribution in [3.05, 3.63) is 34.9 Å². The maximum atomic E-state index is 6.03. The van der Waals surface area contributed by atoms with E-state index in [0.717, 1.165) is 22.8 Å². The lowest BCUT2D eigenvalue weighted by atomic mass is 9.72. The fourth-order valence-corrected chi connectivity index (χ4v) is 8.95. The van der Waals surface area contributed by atoms with Crippen LogP contribution in [0.4, 0.5) is 0 Å². The van der Waals surface area contributed by atoms with Crippen LogP contribution in [-0.2, 0) is 0 Å². The first kappa shape index (κ1) is 21.8. The molecule has 0 spiro atoms. The minimum Gasteiger partial charge on any atom is -0.0843 e. The molecule has 1 heterocycles. The Hall–Kier alpha value is 0.493. The highest BCUT2D eigenvalue weighted by Crippen LogP contribution is 2.43. The zero-order chi connectivity index (χ0) is 16.8. The SMILES string of the molecule is CCCCC[SiH]1CCC(C2CCC(c3ccc(Cl)cc3)CC2)CC1.[MgH2]. The largest absolute Gasteiger partial charge is 0.316 e. The summed E-state index contributed by atoms with van der Waals surface area (Å²) in [5.41, 5.74) is 1.52. The van der Waals surface area contributed by atoms with Crippen LogP contribution in [0.25, 0.3) is 0 Å². The minimum absolute atomic E-state index is 0. The van der Waals surface area contributed by atoms with Gasteiger partial charge in [-0.2, -0.15) is 0 Å². The Labute approximate surface area is 178 Å². The Bertz CT molecular complexity index is 473. The molecule has 0 unspecified atom stereocenters. The molecule has 2 fully saturated rings. The predicted octanol–water partition coefficient (Wildman–Crippen LogP) is 6.52. The summed E-state index contributed by atoms with van der Waals surface area (Å²) in [5, 5.41) is 0.868. The summed E-state index contributed by atoms with van der Waals surface area (Å²) < 4.78 is 0. The van der Waals surface area contributed by atoms with Gasteiger partial charge >= 0.3 is 23.1 Å². The third kappa shape index (κ3) is 6.55. The third-order valence-electron chi connectivity index (χ3n) is 6.89. The lowest BCUT2D eigenvalue weighted by Crippen LogP contribution is -2.28. The zero-order valence-electron chi connectivity index (χ0n) is 15.5. The van der Waals surface area contributed by atoms with Crippen LogP contribution < -0.4 is 0 Å². The van der Waals surface area contributed by atoms with Gasteiger partial charge in [-0.25, -0.2) is 0 Å². The monoisotopic (exact) mass is 388 g/mol. The summed E-state index contributed by atoms with van der Waals surface area (Å²) in [6, 6.07) is 13.6. The second-order valence-corrected chi connectivity index (χ2v) is 12.3. The number of rotatable bonds is 6. The smallest absolute Gasteiger partial charge is 0.0843 e. The third-order valence-corrected chi connectivity index (χ3v) is 10.7. The van der Waals surface area contributed by atoms with E-state index in [2.05, 4.69) is 31.2 Å². The second kappa shape index (κ2) is 11.4. The van der Waals surface area contributed by atoms with Crippen molar-refractivity contribution in [1.82, 2.24) is 0 Å². The Balaban J connectivity index is 0.00000225. The molecule has 1 aromatic carbocycles. The van der Waals surface area contributed by atoms with Gasteiger partial charge in [0, 0.05) is 13.8 Å². The molecule has 138 valence electrons. The van der Waals surface area contributed by atoms with Crippen molar-refractivity contribution in [2.45, 2.75) is 88.8 Å². The van der Waals surface area contributed by atoms with E-state index in [1.807, 2.05) is 0 Å². The fourth-order valence-electron chi connectivity index (χ4n) is 5.29. The van der Waals surface area contributed by atoms with Gasteiger partial charge in [0.25, 0.3) is 0 Å². The molecular weight excluding hydrogens is 352 g/mol. The van der Waals surface area contributed by atoms with Gasteiger partial charge in [0.1, 0.15) is 0 Å². The van der Waals surface area contributed by atoms with E-state index in [1.54, 1.807) is 31.0 Å². The molecule has 3 heteroatoms. The van der Waals surface area contributed by atoms with Crippen LogP contribution in [0.15, 0.2) is 24.3 Å². The molecule has 0 aromatic heterocycles. The lowest BCUT2D eigenvalue weighted by molar-refractivity contribution is 0.216. The first-order valence-corrected chi connectivity index (χ1v) is 13.3. The normalized spacial score (nSPS) is 29.8.